The van der Waals surface area contributed by atoms with Crippen molar-refractivity contribution in [3.05, 3.63) is 63.2 Å². The van der Waals surface area contributed by atoms with Crippen LogP contribution in [-0.2, 0) is 10.0 Å². The normalized spacial score (nSPS) is 11.2. The minimum Gasteiger partial charge on any atom is -0.492 e. The van der Waals surface area contributed by atoms with Crippen LogP contribution < -0.4 is 9.46 Å². The summed E-state index contributed by atoms with van der Waals surface area (Å²) in [4.78, 5) is 9.89. The van der Waals surface area contributed by atoms with Crippen LogP contribution in [-0.4, -0.2) is 26.5 Å². The van der Waals surface area contributed by atoms with Crippen molar-refractivity contribution in [2.75, 3.05) is 13.2 Å². The molecule has 2 aromatic rings. The first-order valence-electron chi connectivity index (χ1n) is 6.93. The fourth-order valence-corrected chi connectivity index (χ4v) is 3.08. The van der Waals surface area contributed by atoms with E-state index < -0.39 is 14.9 Å². The second-order valence-corrected chi connectivity index (χ2v) is 7.09. The van der Waals surface area contributed by atoms with Crippen LogP contribution in [0, 0.1) is 17.0 Å². The molecule has 1 N–H and O–H groups in total. The number of halogens is 1. The first kappa shape index (κ1) is 18.2. The van der Waals surface area contributed by atoms with Crippen molar-refractivity contribution in [2.24, 2.45) is 0 Å². The van der Waals surface area contributed by atoms with E-state index in [1.165, 1.54) is 18.2 Å². The molecular weight excluding hydrogens is 356 g/mol. The molecule has 0 saturated carbocycles. The van der Waals surface area contributed by atoms with Crippen molar-refractivity contribution in [1.82, 2.24) is 4.72 Å². The van der Waals surface area contributed by atoms with Crippen LogP contribution in [0.2, 0.25) is 5.02 Å². The Kier molecular flexibility index (Phi) is 5.76. The van der Waals surface area contributed by atoms with Gasteiger partial charge >= 0.3 is 0 Å². The summed E-state index contributed by atoms with van der Waals surface area (Å²) in [6.45, 7) is 1.96. The van der Waals surface area contributed by atoms with Gasteiger partial charge in [-0.2, -0.15) is 0 Å². The summed E-state index contributed by atoms with van der Waals surface area (Å²) >= 11 is 5.97. The molecule has 0 radical (unpaired) electrons. The van der Waals surface area contributed by atoms with Gasteiger partial charge in [0.25, 0.3) is 5.69 Å². The zero-order valence-electron chi connectivity index (χ0n) is 12.7. The van der Waals surface area contributed by atoms with E-state index in [-0.39, 0.29) is 23.7 Å². The Morgan fingerprint density at radius 3 is 2.67 bits per heavy atom. The lowest BCUT2D eigenvalue weighted by molar-refractivity contribution is -0.385. The smallest absolute Gasteiger partial charge is 0.270 e. The van der Waals surface area contributed by atoms with Gasteiger partial charge in [-0.05, 0) is 30.7 Å². The second kappa shape index (κ2) is 7.61. The number of aryl methyl sites for hydroxylation is 1. The lowest BCUT2D eigenvalue weighted by Gasteiger charge is -2.09. The van der Waals surface area contributed by atoms with Crippen LogP contribution in [0.25, 0.3) is 0 Å². The van der Waals surface area contributed by atoms with Crippen molar-refractivity contribution < 1.29 is 18.1 Å². The van der Waals surface area contributed by atoms with E-state index in [2.05, 4.69) is 4.72 Å². The number of benzene rings is 2. The lowest BCUT2D eigenvalue weighted by Crippen LogP contribution is -2.28. The van der Waals surface area contributed by atoms with Gasteiger partial charge in [0.05, 0.1) is 9.82 Å². The van der Waals surface area contributed by atoms with E-state index in [4.69, 9.17) is 16.3 Å². The zero-order valence-corrected chi connectivity index (χ0v) is 14.3. The van der Waals surface area contributed by atoms with Crippen molar-refractivity contribution in [2.45, 2.75) is 11.8 Å². The van der Waals surface area contributed by atoms with E-state index in [1.807, 2.05) is 6.92 Å². The summed E-state index contributed by atoms with van der Waals surface area (Å²) < 4.78 is 32.0. The zero-order chi connectivity index (χ0) is 17.7. The second-order valence-electron chi connectivity index (χ2n) is 4.91. The maximum atomic E-state index is 12.1. The molecule has 2 aromatic carbocycles. The predicted molar refractivity (Wildman–Crippen MR) is 90.0 cm³/mol. The van der Waals surface area contributed by atoms with Crippen molar-refractivity contribution in [3.63, 3.8) is 0 Å². The summed E-state index contributed by atoms with van der Waals surface area (Å²) in [5, 5.41) is 11.3. The molecule has 9 heteroatoms. The van der Waals surface area contributed by atoms with Gasteiger partial charge in [0.2, 0.25) is 10.0 Å². The fraction of sp³-hybridized carbons (Fsp3) is 0.200. The SMILES string of the molecule is Cc1ccc(OCCNS(=O)(=O)c2cccc([N+](=O)[O-])c2)cc1Cl. The van der Waals surface area contributed by atoms with Crippen LogP contribution in [0.1, 0.15) is 5.56 Å². The van der Waals surface area contributed by atoms with Gasteiger partial charge in [-0.25, -0.2) is 13.1 Å². The maximum absolute atomic E-state index is 12.1. The van der Waals surface area contributed by atoms with E-state index in [0.717, 1.165) is 11.6 Å². The number of nitrogens with zero attached hydrogens (tertiary/aromatic N) is 1. The third-order valence-electron chi connectivity index (χ3n) is 3.14. The maximum Gasteiger partial charge on any atom is 0.270 e. The Bertz CT molecular complexity index is 855. The van der Waals surface area contributed by atoms with Crippen molar-refractivity contribution >= 4 is 27.3 Å². The molecule has 0 aliphatic heterocycles. The number of non-ortho nitro benzene ring substituents is 1. The van der Waals surface area contributed by atoms with Gasteiger partial charge in [0, 0.05) is 23.7 Å². The molecule has 0 spiro atoms. The highest BCUT2D eigenvalue weighted by Crippen LogP contribution is 2.21. The molecule has 0 amide bonds. The summed E-state index contributed by atoms with van der Waals surface area (Å²) in [5.74, 6) is 0.528. The summed E-state index contributed by atoms with van der Waals surface area (Å²) in [6.07, 6.45) is 0. The fourth-order valence-electron chi connectivity index (χ4n) is 1.86. The monoisotopic (exact) mass is 370 g/mol. The Hall–Kier alpha value is -2.16. The van der Waals surface area contributed by atoms with E-state index >= 15 is 0 Å². The molecular formula is C15H15ClN2O5S. The number of hydrogen-bond acceptors (Lipinski definition) is 5. The Balaban J connectivity index is 1.94. The third-order valence-corrected chi connectivity index (χ3v) is 5.01. The molecule has 7 nitrogen and oxygen atoms in total. The summed E-state index contributed by atoms with van der Waals surface area (Å²) in [5.41, 5.74) is 0.624. The summed E-state index contributed by atoms with van der Waals surface area (Å²) in [7, 11) is -3.85. The molecule has 0 bridgehead atoms. The van der Waals surface area contributed by atoms with Crippen LogP contribution in [0.4, 0.5) is 5.69 Å². The van der Waals surface area contributed by atoms with Gasteiger partial charge in [0.15, 0.2) is 0 Å². The highest BCUT2D eigenvalue weighted by molar-refractivity contribution is 7.89. The van der Waals surface area contributed by atoms with Gasteiger partial charge in [-0.15, -0.1) is 0 Å². The Morgan fingerprint density at radius 2 is 2.00 bits per heavy atom. The first-order chi connectivity index (χ1) is 11.3. The number of hydrogen-bond donors (Lipinski definition) is 1. The largest absolute Gasteiger partial charge is 0.492 e. The molecule has 2 rings (SSSR count). The number of nitrogens with one attached hydrogen (secondary N) is 1. The molecule has 0 aromatic heterocycles. The van der Waals surface area contributed by atoms with E-state index in [1.54, 1.807) is 18.2 Å². The Morgan fingerprint density at radius 1 is 1.25 bits per heavy atom. The van der Waals surface area contributed by atoms with Gasteiger partial charge < -0.3 is 4.74 Å². The van der Waals surface area contributed by atoms with Gasteiger partial charge in [0.1, 0.15) is 12.4 Å². The van der Waals surface area contributed by atoms with Crippen LogP contribution in [0.5, 0.6) is 5.75 Å². The number of nitro benzene ring substituents is 1. The van der Waals surface area contributed by atoms with Gasteiger partial charge in [-0.3, -0.25) is 10.1 Å². The molecule has 0 fully saturated rings. The molecule has 0 heterocycles. The molecule has 24 heavy (non-hydrogen) atoms. The average molecular weight is 371 g/mol. The summed E-state index contributed by atoms with van der Waals surface area (Å²) in [6, 6.07) is 10.0. The van der Waals surface area contributed by atoms with Crippen LogP contribution in [0.15, 0.2) is 47.4 Å². The lowest BCUT2D eigenvalue weighted by atomic mass is 10.2. The van der Waals surface area contributed by atoms with Crippen molar-refractivity contribution in [3.8, 4) is 5.75 Å². The van der Waals surface area contributed by atoms with Crippen LogP contribution >= 0.6 is 11.6 Å². The first-order valence-corrected chi connectivity index (χ1v) is 8.79. The number of rotatable bonds is 7. The molecule has 0 unspecified atom stereocenters. The quantitative estimate of drug-likeness (QED) is 0.459. The highest BCUT2D eigenvalue weighted by Gasteiger charge is 2.17. The number of ether oxygens (including phenoxy) is 1. The highest BCUT2D eigenvalue weighted by atomic mass is 35.5. The standard InChI is InChI=1S/C15H15ClN2O5S/c1-11-5-6-13(10-15(11)16)23-8-7-17-24(21,22)14-4-2-3-12(9-14)18(19)20/h2-6,9-10,17H,7-8H2,1H3. The topological polar surface area (TPSA) is 98.5 Å². The molecule has 0 aliphatic rings. The molecule has 0 aliphatic carbocycles. The molecule has 0 saturated heterocycles. The minimum absolute atomic E-state index is 0.0104. The third kappa shape index (κ3) is 4.67. The number of sulfonamides is 1. The minimum atomic E-state index is -3.85. The number of nitro groups is 1. The predicted octanol–water partition coefficient (Wildman–Crippen LogP) is 2.91. The van der Waals surface area contributed by atoms with E-state index in [0.29, 0.717) is 10.8 Å². The van der Waals surface area contributed by atoms with E-state index in [9.17, 15) is 18.5 Å². The van der Waals surface area contributed by atoms with Gasteiger partial charge in [-0.1, -0.05) is 23.7 Å². The van der Waals surface area contributed by atoms with Crippen LogP contribution in [0.3, 0.4) is 0 Å². The molecule has 0 atom stereocenters. The Labute approximate surface area is 144 Å². The van der Waals surface area contributed by atoms with Crippen molar-refractivity contribution in [1.29, 1.82) is 0 Å². The average Bonchev–Trinajstić information content (AvgIpc) is 2.55. The molecule has 128 valence electrons.